The zero-order valence-corrected chi connectivity index (χ0v) is 17.3. The lowest BCUT2D eigenvalue weighted by atomic mass is 9.86. The third-order valence-corrected chi connectivity index (χ3v) is 5.90. The molecule has 1 saturated carbocycles. The highest BCUT2D eigenvalue weighted by Gasteiger charge is 2.16. The Kier molecular flexibility index (Phi) is 5.34. The molecule has 0 atom stereocenters. The Balaban J connectivity index is 1.65. The van der Waals surface area contributed by atoms with Crippen LogP contribution in [0.4, 0.5) is 5.82 Å². The lowest BCUT2D eigenvalue weighted by Gasteiger charge is -2.22. The van der Waals surface area contributed by atoms with Gasteiger partial charge in [-0.05, 0) is 41.9 Å². The topological polar surface area (TPSA) is 37.8 Å². The monoisotopic (exact) mass is 373 g/mol. The molecule has 1 aromatic heterocycles. The van der Waals surface area contributed by atoms with Crippen molar-refractivity contribution in [3.63, 3.8) is 0 Å². The summed E-state index contributed by atoms with van der Waals surface area (Å²) < 4.78 is 0. The van der Waals surface area contributed by atoms with Gasteiger partial charge >= 0.3 is 0 Å². The van der Waals surface area contributed by atoms with E-state index in [1.165, 1.54) is 37.7 Å². The molecule has 2 aromatic carbocycles. The highest BCUT2D eigenvalue weighted by atomic mass is 15.0. The van der Waals surface area contributed by atoms with Gasteiger partial charge in [-0.3, -0.25) is 0 Å². The van der Waals surface area contributed by atoms with Gasteiger partial charge in [-0.15, -0.1) is 0 Å². The smallest absolute Gasteiger partial charge is 0.162 e. The third kappa shape index (κ3) is 4.19. The quantitative estimate of drug-likeness (QED) is 0.561. The molecule has 3 aromatic rings. The van der Waals surface area contributed by atoms with E-state index in [0.29, 0.717) is 0 Å². The maximum atomic E-state index is 4.93. The number of nitrogens with one attached hydrogen (secondary N) is 1. The van der Waals surface area contributed by atoms with E-state index in [4.69, 9.17) is 9.97 Å². The molecule has 1 aliphatic carbocycles. The van der Waals surface area contributed by atoms with Crippen LogP contribution < -0.4 is 5.32 Å². The van der Waals surface area contributed by atoms with Crippen LogP contribution in [0.15, 0.2) is 48.5 Å². The molecule has 28 heavy (non-hydrogen) atoms. The number of anilines is 1. The summed E-state index contributed by atoms with van der Waals surface area (Å²) >= 11 is 0. The van der Waals surface area contributed by atoms with Crippen LogP contribution in [0.2, 0.25) is 0 Å². The summed E-state index contributed by atoms with van der Waals surface area (Å²) in [5.74, 6) is 2.52. The number of hydrogen-bond acceptors (Lipinski definition) is 3. The van der Waals surface area contributed by atoms with Crippen molar-refractivity contribution in [2.24, 2.45) is 5.92 Å². The van der Waals surface area contributed by atoms with E-state index in [-0.39, 0.29) is 5.41 Å². The molecule has 3 heteroatoms. The fourth-order valence-corrected chi connectivity index (χ4v) is 4.09. The fraction of sp³-hybridized carbons (Fsp3) is 0.440. The summed E-state index contributed by atoms with van der Waals surface area (Å²) in [6.45, 7) is 7.72. The van der Waals surface area contributed by atoms with Gasteiger partial charge in [0.05, 0.1) is 5.52 Å². The predicted molar refractivity (Wildman–Crippen MR) is 119 cm³/mol. The van der Waals surface area contributed by atoms with Crippen LogP contribution in [0, 0.1) is 5.92 Å². The summed E-state index contributed by atoms with van der Waals surface area (Å²) in [7, 11) is 0. The van der Waals surface area contributed by atoms with E-state index in [1.54, 1.807) is 0 Å². The number of para-hydroxylation sites is 1. The number of rotatable bonds is 4. The van der Waals surface area contributed by atoms with E-state index in [9.17, 15) is 0 Å². The van der Waals surface area contributed by atoms with Gasteiger partial charge < -0.3 is 5.32 Å². The van der Waals surface area contributed by atoms with Gasteiger partial charge in [-0.2, -0.15) is 0 Å². The highest BCUT2D eigenvalue weighted by Crippen LogP contribution is 2.29. The van der Waals surface area contributed by atoms with Crippen LogP contribution in [0.1, 0.15) is 58.4 Å². The van der Waals surface area contributed by atoms with Crippen molar-refractivity contribution < 1.29 is 0 Å². The minimum Gasteiger partial charge on any atom is -0.369 e. The zero-order valence-electron chi connectivity index (χ0n) is 17.3. The van der Waals surface area contributed by atoms with Gasteiger partial charge in [0, 0.05) is 17.5 Å². The van der Waals surface area contributed by atoms with Gasteiger partial charge in [0.2, 0.25) is 0 Å². The van der Waals surface area contributed by atoms with Gasteiger partial charge in [-0.25, -0.2) is 9.97 Å². The van der Waals surface area contributed by atoms with Crippen molar-refractivity contribution in [1.29, 1.82) is 0 Å². The molecule has 0 radical (unpaired) electrons. The fourth-order valence-electron chi connectivity index (χ4n) is 4.09. The normalized spacial score (nSPS) is 15.7. The molecule has 146 valence electrons. The third-order valence-electron chi connectivity index (χ3n) is 5.90. The molecular weight excluding hydrogens is 342 g/mol. The summed E-state index contributed by atoms with van der Waals surface area (Å²) in [6, 6.07) is 17.0. The van der Waals surface area contributed by atoms with Crippen molar-refractivity contribution in [3.05, 3.63) is 54.1 Å². The minimum atomic E-state index is 0.148. The van der Waals surface area contributed by atoms with Crippen LogP contribution >= 0.6 is 0 Å². The first-order valence-corrected chi connectivity index (χ1v) is 10.6. The molecule has 0 bridgehead atoms. The van der Waals surface area contributed by atoms with Gasteiger partial charge in [-0.1, -0.05) is 76.4 Å². The highest BCUT2D eigenvalue weighted by molar-refractivity contribution is 5.90. The molecule has 0 saturated heterocycles. The van der Waals surface area contributed by atoms with Crippen molar-refractivity contribution in [2.75, 3.05) is 11.9 Å². The molecule has 4 rings (SSSR count). The standard InChI is InChI=1S/C25H31N3/c1-25(2,3)20-15-13-19(14-16-20)23-27-22-12-8-7-11-21(22)24(28-23)26-17-18-9-5-4-6-10-18/h7-8,11-16,18H,4-6,9-10,17H2,1-3H3,(H,26,27,28). The van der Waals surface area contributed by atoms with Crippen LogP contribution in [0.3, 0.4) is 0 Å². The van der Waals surface area contributed by atoms with E-state index in [1.807, 2.05) is 6.07 Å². The first-order valence-electron chi connectivity index (χ1n) is 10.6. The Labute approximate surface area is 168 Å². The maximum Gasteiger partial charge on any atom is 0.162 e. The molecule has 0 unspecified atom stereocenters. The van der Waals surface area contributed by atoms with E-state index >= 15 is 0 Å². The molecule has 0 amide bonds. The zero-order chi connectivity index (χ0) is 19.6. The minimum absolute atomic E-state index is 0.148. The van der Waals surface area contributed by atoms with Crippen molar-refractivity contribution in [2.45, 2.75) is 58.3 Å². The van der Waals surface area contributed by atoms with Crippen LogP contribution in [0.25, 0.3) is 22.3 Å². The Morgan fingerprint density at radius 2 is 1.61 bits per heavy atom. The Morgan fingerprint density at radius 1 is 0.893 bits per heavy atom. The average Bonchev–Trinajstić information content (AvgIpc) is 2.72. The largest absolute Gasteiger partial charge is 0.369 e. The SMILES string of the molecule is CC(C)(C)c1ccc(-c2nc(NCC3CCCCC3)c3ccccc3n2)cc1. The molecule has 3 nitrogen and oxygen atoms in total. The van der Waals surface area contributed by atoms with Crippen molar-refractivity contribution >= 4 is 16.7 Å². The number of hydrogen-bond donors (Lipinski definition) is 1. The van der Waals surface area contributed by atoms with Crippen molar-refractivity contribution in [3.8, 4) is 11.4 Å². The average molecular weight is 374 g/mol. The van der Waals surface area contributed by atoms with E-state index in [2.05, 4.69) is 68.6 Å². The van der Waals surface area contributed by atoms with Gasteiger partial charge in [0.25, 0.3) is 0 Å². The van der Waals surface area contributed by atoms with Gasteiger partial charge in [0.1, 0.15) is 5.82 Å². The van der Waals surface area contributed by atoms with E-state index in [0.717, 1.165) is 40.6 Å². The molecule has 1 aliphatic rings. The molecule has 1 heterocycles. The van der Waals surface area contributed by atoms with Crippen LogP contribution in [-0.4, -0.2) is 16.5 Å². The Morgan fingerprint density at radius 3 is 2.32 bits per heavy atom. The second-order valence-corrected chi connectivity index (χ2v) is 9.13. The molecule has 0 aliphatic heterocycles. The first kappa shape index (κ1) is 18.9. The summed E-state index contributed by atoms with van der Waals surface area (Å²) in [4.78, 5) is 9.77. The van der Waals surface area contributed by atoms with Gasteiger partial charge in [0.15, 0.2) is 5.82 Å². The lowest BCUT2D eigenvalue weighted by molar-refractivity contribution is 0.373. The second-order valence-electron chi connectivity index (χ2n) is 9.13. The number of fused-ring (bicyclic) bond motifs is 1. The second kappa shape index (κ2) is 7.90. The van der Waals surface area contributed by atoms with Crippen molar-refractivity contribution in [1.82, 2.24) is 9.97 Å². The number of benzene rings is 2. The maximum absolute atomic E-state index is 4.93. The van der Waals surface area contributed by atoms with Crippen LogP contribution in [0.5, 0.6) is 0 Å². The summed E-state index contributed by atoms with van der Waals surface area (Å²) in [5, 5.41) is 4.76. The van der Waals surface area contributed by atoms with E-state index < -0.39 is 0 Å². The Bertz CT molecular complexity index is 932. The Hall–Kier alpha value is -2.42. The number of nitrogens with zero attached hydrogens (tertiary/aromatic N) is 2. The molecule has 1 fully saturated rings. The number of aromatic nitrogens is 2. The van der Waals surface area contributed by atoms with Crippen LogP contribution in [-0.2, 0) is 5.41 Å². The molecule has 1 N–H and O–H groups in total. The first-order chi connectivity index (χ1) is 13.5. The summed E-state index contributed by atoms with van der Waals surface area (Å²) in [5.41, 5.74) is 3.54. The molecular formula is C25H31N3. The molecule has 0 spiro atoms. The summed E-state index contributed by atoms with van der Waals surface area (Å²) in [6.07, 6.45) is 6.78. The lowest BCUT2D eigenvalue weighted by Crippen LogP contribution is -2.18. The predicted octanol–water partition coefficient (Wildman–Crippen LogP) is 6.59.